The Morgan fingerprint density at radius 1 is 0.878 bits per heavy atom. The van der Waals surface area contributed by atoms with Crippen molar-refractivity contribution in [3.63, 3.8) is 0 Å². The maximum atomic E-state index is 13.7. The molecule has 2 amide bonds. The van der Waals surface area contributed by atoms with Crippen molar-refractivity contribution in [1.29, 1.82) is 0 Å². The number of nitrogens with one attached hydrogen (secondary N) is 1. The van der Waals surface area contributed by atoms with Gasteiger partial charge in [-0.05, 0) is 84.6 Å². The summed E-state index contributed by atoms with van der Waals surface area (Å²) in [5.41, 5.74) is 9.44. The molecule has 1 aliphatic rings. The molecule has 0 saturated carbocycles. The lowest BCUT2D eigenvalue weighted by molar-refractivity contribution is -0.123. The fourth-order valence-corrected chi connectivity index (χ4v) is 5.74. The summed E-state index contributed by atoms with van der Waals surface area (Å²) in [6, 6.07) is 27.3. The van der Waals surface area contributed by atoms with Crippen LogP contribution in [0.1, 0.15) is 31.4 Å². The first-order valence-electron chi connectivity index (χ1n) is 13.9. The number of fused-ring (bicyclic) bond motifs is 1. The number of rotatable bonds is 10. The van der Waals surface area contributed by atoms with Gasteiger partial charge in [0.25, 0.3) is 0 Å². The molecule has 1 saturated heterocycles. The van der Waals surface area contributed by atoms with Gasteiger partial charge >= 0.3 is 0 Å². The number of carbonyl (C=O) groups excluding carboxylic acids is 2. The van der Waals surface area contributed by atoms with Crippen LogP contribution in [0.2, 0.25) is 10.0 Å². The van der Waals surface area contributed by atoms with Crippen LogP contribution in [0.3, 0.4) is 0 Å². The van der Waals surface area contributed by atoms with Crippen LogP contribution >= 0.6 is 23.2 Å². The molecule has 4 aromatic carbocycles. The van der Waals surface area contributed by atoms with E-state index in [-0.39, 0.29) is 18.5 Å². The van der Waals surface area contributed by atoms with Crippen molar-refractivity contribution in [3.8, 4) is 11.1 Å². The number of hydrogen-bond acceptors (Lipinski definition) is 4. The molecule has 8 heteroatoms. The number of primary amides is 1. The Morgan fingerprint density at radius 2 is 1.56 bits per heavy atom. The van der Waals surface area contributed by atoms with Crippen LogP contribution in [0.25, 0.3) is 21.9 Å². The first kappa shape index (κ1) is 28.9. The van der Waals surface area contributed by atoms with E-state index in [4.69, 9.17) is 28.9 Å². The second-order valence-corrected chi connectivity index (χ2v) is 11.4. The number of likely N-dealkylation sites (tertiary alicyclic amines) is 1. The molecule has 1 fully saturated rings. The monoisotopic (exact) mass is 588 g/mol. The van der Waals surface area contributed by atoms with Crippen LogP contribution in [-0.4, -0.2) is 48.9 Å². The van der Waals surface area contributed by atoms with Crippen molar-refractivity contribution in [2.75, 3.05) is 31.1 Å². The molecular weight excluding hydrogens is 555 g/mol. The minimum atomic E-state index is -0.683. The molecule has 6 nitrogen and oxygen atoms in total. The van der Waals surface area contributed by atoms with Crippen molar-refractivity contribution >= 4 is 51.5 Å². The lowest BCUT2D eigenvalue weighted by Gasteiger charge is -2.32. The van der Waals surface area contributed by atoms with E-state index in [2.05, 4.69) is 64.8 Å². The molecular formula is C33H34Cl2N4O2. The van der Waals surface area contributed by atoms with Crippen LogP contribution < -0.4 is 16.0 Å². The van der Waals surface area contributed by atoms with Crippen molar-refractivity contribution in [2.45, 2.75) is 31.8 Å². The van der Waals surface area contributed by atoms with Crippen LogP contribution in [0.4, 0.5) is 5.69 Å². The SMILES string of the molecule is CC(C(=O)NC(CN1CCCC1)c1ccc(-c2ccc3ccccc3c2)cc1)N(CC(N)=O)c1ccc(Cl)c(Cl)c1. The quantitative estimate of drug-likeness (QED) is 0.223. The van der Waals surface area contributed by atoms with Gasteiger partial charge in [-0.25, -0.2) is 0 Å². The minimum absolute atomic E-state index is 0.135. The molecule has 0 bridgehead atoms. The summed E-state index contributed by atoms with van der Waals surface area (Å²) < 4.78 is 0. The molecule has 212 valence electrons. The Bertz CT molecular complexity index is 1540. The Labute approximate surface area is 251 Å². The molecule has 0 aliphatic carbocycles. The van der Waals surface area contributed by atoms with Gasteiger partial charge in [-0.15, -0.1) is 0 Å². The summed E-state index contributed by atoms with van der Waals surface area (Å²) in [6.07, 6.45) is 2.31. The topological polar surface area (TPSA) is 78.7 Å². The molecule has 0 aromatic heterocycles. The van der Waals surface area contributed by atoms with E-state index in [0.717, 1.165) is 42.6 Å². The smallest absolute Gasteiger partial charge is 0.242 e. The highest BCUT2D eigenvalue weighted by Gasteiger charge is 2.28. The van der Waals surface area contributed by atoms with E-state index in [9.17, 15) is 9.59 Å². The van der Waals surface area contributed by atoms with Gasteiger partial charge in [-0.1, -0.05) is 83.9 Å². The second kappa shape index (κ2) is 12.9. The largest absolute Gasteiger partial charge is 0.368 e. The molecule has 2 atom stereocenters. The highest BCUT2D eigenvalue weighted by Crippen LogP contribution is 2.29. The van der Waals surface area contributed by atoms with E-state index >= 15 is 0 Å². The van der Waals surface area contributed by atoms with Gasteiger partial charge in [-0.2, -0.15) is 0 Å². The number of carbonyl (C=O) groups is 2. The Kier molecular flexibility index (Phi) is 9.13. The van der Waals surface area contributed by atoms with Gasteiger partial charge in [0.1, 0.15) is 6.04 Å². The summed E-state index contributed by atoms with van der Waals surface area (Å²) in [5.74, 6) is -0.756. The fourth-order valence-electron chi connectivity index (χ4n) is 5.45. The number of anilines is 1. The number of benzene rings is 4. The molecule has 41 heavy (non-hydrogen) atoms. The highest BCUT2D eigenvalue weighted by atomic mass is 35.5. The normalized spacial score (nSPS) is 15.0. The summed E-state index contributed by atoms with van der Waals surface area (Å²) in [6.45, 7) is 4.35. The van der Waals surface area contributed by atoms with Gasteiger partial charge in [0.2, 0.25) is 11.8 Å². The highest BCUT2D eigenvalue weighted by molar-refractivity contribution is 6.42. The van der Waals surface area contributed by atoms with E-state index in [1.807, 2.05) is 12.1 Å². The first-order chi connectivity index (χ1) is 19.8. The van der Waals surface area contributed by atoms with Crippen LogP contribution in [0.15, 0.2) is 84.9 Å². The number of halogens is 2. The molecule has 0 spiro atoms. The molecule has 2 unspecified atom stereocenters. The molecule has 1 heterocycles. The van der Waals surface area contributed by atoms with Crippen molar-refractivity contribution in [3.05, 3.63) is 101 Å². The molecule has 5 rings (SSSR count). The summed E-state index contributed by atoms with van der Waals surface area (Å²) in [4.78, 5) is 29.6. The number of nitrogens with zero attached hydrogens (tertiary/aromatic N) is 2. The molecule has 3 N–H and O–H groups in total. The zero-order chi connectivity index (χ0) is 28.9. The first-order valence-corrected chi connectivity index (χ1v) is 14.7. The standard InChI is InChI=1S/C33H34Cl2N4O2/c1-22(39(21-32(36)40)28-14-15-29(34)30(35)19-28)33(41)37-31(20-38-16-4-5-17-38)25-11-8-24(9-12-25)27-13-10-23-6-2-3-7-26(23)18-27/h2-3,6-15,18-19,22,31H,4-5,16-17,20-21H2,1H3,(H2,36,40)(H,37,41). The summed E-state index contributed by atoms with van der Waals surface area (Å²) >= 11 is 12.3. The van der Waals surface area contributed by atoms with Crippen LogP contribution in [-0.2, 0) is 9.59 Å². The maximum Gasteiger partial charge on any atom is 0.242 e. The van der Waals surface area contributed by atoms with Crippen LogP contribution in [0, 0.1) is 0 Å². The third-order valence-corrected chi connectivity index (χ3v) is 8.50. The molecule has 1 aliphatic heterocycles. The predicted octanol–water partition coefficient (Wildman–Crippen LogP) is 6.45. The lowest BCUT2D eigenvalue weighted by Crippen LogP contribution is -2.50. The van der Waals surface area contributed by atoms with Gasteiger partial charge in [0, 0.05) is 12.2 Å². The Hall–Kier alpha value is -3.58. The predicted molar refractivity (Wildman–Crippen MR) is 168 cm³/mol. The van der Waals surface area contributed by atoms with Gasteiger partial charge in [0.05, 0.1) is 22.6 Å². The summed E-state index contributed by atoms with van der Waals surface area (Å²) in [5, 5.41) is 6.40. The average molecular weight is 590 g/mol. The van der Waals surface area contributed by atoms with E-state index in [1.165, 1.54) is 10.8 Å². The second-order valence-electron chi connectivity index (χ2n) is 10.6. The van der Waals surface area contributed by atoms with E-state index in [1.54, 1.807) is 30.0 Å². The summed E-state index contributed by atoms with van der Waals surface area (Å²) in [7, 11) is 0. The van der Waals surface area contributed by atoms with Crippen molar-refractivity contribution < 1.29 is 9.59 Å². The number of amides is 2. The van der Waals surface area contributed by atoms with E-state index < -0.39 is 11.9 Å². The van der Waals surface area contributed by atoms with Crippen molar-refractivity contribution in [1.82, 2.24) is 10.2 Å². The number of hydrogen-bond donors (Lipinski definition) is 2. The van der Waals surface area contributed by atoms with E-state index in [0.29, 0.717) is 22.3 Å². The van der Waals surface area contributed by atoms with Gasteiger partial charge < -0.3 is 20.9 Å². The fraction of sp³-hybridized carbons (Fsp3) is 0.273. The lowest BCUT2D eigenvalue weighted by atomic mass is 9.98. The zero-order valence-electron chi connectivity index (χ0n) is 23.0. The van der Waals surface area contributed by atoms with Gasteiger partial charge in [0.15, 0.2) is 0 Å². The third-order valence-electron chi connectivity index (χ3n) is 7.76. The molecule has 0 radical (unpaired) electrons. The van der Waals surface area contributed by atoms with Crippen molar-refractivity contribution in [2.24, 2.45) is 5.73 Å². The Balaban J connectivity index is 1.38. The maximum absolute atomic E-state index is 13.7. The third kappa shape index (κ3) is 7.02. The zero-order valence-corrected chi connectivity index (χ0v) is 24.5. The minimum Gasteiger partial charge on any atom is -0.368 e. The Morgan fingerprint density at radius 3 is 2.24 bits per heavy atom. The average Bonchev–Trinajstić information content (AvgIpc) is 3.49. The van der Waals surface area contributed by atoms with Crippen LogP contribution in [0.5, 0.6) is 0 Å². The number of nitrogens with two attached hydrogens (primary N) is 1. The molecule has 4 aromatic rings. The van der Waals surface area contributed by atoms with Gasteiger partial charge in [-0.3, -0.25) is 9.59 Å².